The zero-order valence-corrected chi connectivity index (χ0v) is 12.7. The van der Waals surface area contributed by atoms with Crippen LogP contribution in [0.2, 0.25) is 0 Å². The second-order valence-corrected chi connectivity index (χ2v) is 5.28. The number of anilines is 1. The summed E-state index contributed by atoms with van der Waals surface area (Å²) in [6.07, 6.45) is 2.86. The summed E-state index contributed by atoms with van der Waals surface area (Å²) in [5.74, 6) is 0.0239. The number of hydrogen-bond donors (Lipinski definition) is 1. The molecule has 4 rings (SSSR count). The van der Waals surface area contributed by atoms with Gasteiger partial charge in [0, 0.05) is 25.0 Å². The summed E-state index contributed by atoms with van der Waals surface area (Å²) < 4.78 is 6.73. The van der Waals surface area contributed by atoms with Crippen LogP contribution >= 0.6 is 0 Å². The topological polar surface area (TPSA) is 89.5 Å². The normalized spacial score (nSPS) is 11.0. The lowest BCUT2D eigenvalue weighted by molar-refractivity contribution is 0.102. The summed E-state index contributed by atoms with van der Waals surface area (Å²) in [7, 11) is 0. The molecule has 4 aromatic rings. The zero-order valence-electron chi connectivity index (χ0n) is 12.7. The Bertz CT molecular complexity index is 1140. The highest BCUT2D eigenvalue weighted by molar-refractivity contribution is 6.04. The smallest absolute Gasteiger partial charge is 0.270 e. The molecule has 118 valence electrons. The van der Waals surface area contributed by atoms with Crippen LogP contribution in [0.25, 0.3) is 16.7 Å². The van der Waals surface area contributed by atoms with E-state index in [9.17, 15) is 9.59 Å². The Kier molecular flexibility index (Phi) is 3.13. The van der Waals surface area contributed by atoms with Gasteiger partial charge in [-0.2, -0.15) is 0 Å². The van der Waals surface area contributed by atoms with Crippen LogP contribution in [0.1, 0.15) is 16.2 Å². The molecule has 3 heterocycles. The maximum Gasteiger partial charge on any atom is 0.270 e. The number of pyridine rings is 1. The Labute approximate surface area is 135 Å². The van der Waals surface area contributed by atoms with Crippen LogP contribution < -0.4 is 10.9 Å². The summed E-state index contributed by atoms with van der Waals surface area (Å²) in [6.45, 7) is 1.75. The fraction of sp³-hybridized carbons (Fsp3) is 0.0588. The van der Waals surface area contributed by atoms with Crippen LogP contribution in [0.15, 0.2) is 58.0 Å². The van der Waals surface area contributed by atoms with E-state index in [4.69, 9.17) is 4.42 Å². The van der Waals surface area contributed by atoms with Gasteiger partial charge in [0.15, 0.2) is 11.5 Å². The van der Waals surface area contributed by atoms with Gasteiger partial charge in [0.05, 0.1) is 0 Å². The molecule has 0 aliphatic carbocycles. The van der Waals surface area contributed by atoms with E-state index < -0.39 is 11.5 Å². The van der Waals surface area contributed by atoms with Crippen LogP contribution in [-0.4, -0.2) is 20.3 Å². The number of aromatic nitrogens is 3. The van der Waals surface area contributed by atoms with Gasteiger partial charge >= 0.3 is 0 Å². The molecule has 1 N–H and O–H groups in total. The van der Waals surface area contributed by atoms with Gasteiger partial charge in [-0.1, -0.05) is 6.07 Å². The van der Waals surface area contributed by atoms with Crippen molar-refractivity contribution in [2.75, 3.05) is 5.32 Å². The highest BCUT2D eigenvalue weighted by Crippen LogP contribution is 2.19. The van der Waals surface area contributed by atoms with Crippen LogP contribution in [0.4, 0.5) is 5.69 Å². The SMILES string of the molecule is Cc1nc2cc(NC(=O)c3cnc4ccccn4c3=O)ccc2o1. The van der Waals surface area contributed by atoms with E-state index in [1.807, 2.05) is 0 Å². The molecule has 7 heteroatoms. The Morgan fingerprint density at radius 2 is 2.12 bits per heavy atom. The number of carbonyl (C=O) groups excluding carboxylic acids is 1. The molecule has 0 unspecified atom stereocenters. The maximum absolute atomic E-state index is 12.4. The third kappa shape index (κ3) is 2.32. The van der Waals surface area contributed by atoms with Gasteiger partial charge in [0.2, 0.25) is 0 Å². The summed E-state index contributed by atoms with van der Waals surface area (Å²) in [4.78, 5) is 33.2. The average Bonchev–Trinajstić information content (AvgIpc) is 2.94. The molecular weight excluding hydrogens is 308 g/mol. The van der Waals surface area contributed by atoms with Crippen LogP contribution in [0, 0.1) is 6.92 Å². The molecule has 0 radical (unpaired) electrons. The molecule has 24 heavy (non-hydrogen) atoms. The molecule has 0 bridgehead atoms. The lowest BCUT2D eigenvalue weighted by Gasteiger charge is -2.06. The number of aryl methyl sites for hydroxylation is 1. The van der Waals surface area contributed by atoms with Gasteiger partial charge in [-0.3, -0.25) is 14.0 Å². The Hall–Kier alpha value is -3.48. The summed E-state index contributed by atoms with van der Waals surface area (Å²) in [5, 5.41) is 2.69. The van der Waals surface area contributed by atoms with Crippen molar-refractivity contribution < 1.29 is 9.21 Å². The number of rotatable bonds is 2. The predicted molar refractivity (Wildman–Crippen MR) is 88.2 cm³/mol. The standard InChI is InChI=1S/C17H12N4O3/c1-10-19-13-8-11(5-6-14(13)24-10)20-16(22)12-9-18-15-4-2-3-7-21(15)17(12)23/h2-9H,1H3,(H,20,22). The third-order valence-corrected chi connectivity index (χ3v) is 3.61. The monoisotopic (exact) mass is 320 g/mol. The molecule has 0 saturated carbocycles. The first-order chi connectivity index (χ1) is 11.6. The number of nitrogens with zero attached hydrogens (tertiary/aromatic N) is 3. The van der Waals surface area contributed by atoms with Crippen molar-refractivity contribution >= 4 is 28.3 Å². The molecule has 3 aromatic heterocycles. The number of benzene rings is 1. The van der Waals surface area contributed by atoms with Gasteiger partial charge in [-0.05, 0) is 30.3 Å². The third-order valence-electron chi connectivity index (χ3n) is 3.61. The number of amides is 1. The minimum atomic E-state index is -0.523. The molecular formula is C17H12N4O3. The second-order valence-electron chi connectivity index (χ2n) is 5.28. The van der Waals surface area contributed by atoms with Gasteiger partial charge in [0.25, 0.3) is 11.5 Å². The van der Waals surface area contributed by atoms with Crippen molar-refractivity contribution in [2.24, 2.45) is 0 Å². The van der Waals surface area contributed by atoms with E-state index in [-0.39, 0.29) is 5.56 Å². The molecule has 0 spiro atoms. The summed E-state index contributed by atoms with van der Waals surface area (Å²) in [5.41, 5.74) is 1.83. The first kappa shape index (κ1) is 14.1. The van der Waals surface area contributed by atoms with E-state index in [0.29, 0.717) is 28.3 Å². The minimum Gasteiger partial charge on any atom is -0.441 e. The first-order valence-corrected chi connectivity index (χ1v) is 7.27. The zero-order chi connectivity index (χ0) is 16.7. The number of oxazole rings is 1. The Morgan fingerprint density at radius 1 is 1.25 bits per heavy atom. The van der Waals surface area contributed by atoms with Crippen LogP contribution in [0.5, 0.6) is 0 Å². The van der Waals surface area contributed by atoms with Crippen molar-refractivity contribution in [2.45, 2.75) is 6.92 Å². The van der Waals surface area contributed by atoms with Crippen molar-refractivity contribution in [3.05, 3.63) is 70.6 Å². The Morgan fingerprint density at radius 3 is 3.00 bits per heavy atom. The van der Waals surface area contributed by atoms with Crippen molar-refractivity contribution in [3.63, 3.8) is 0 Å². The Balaban J connectivity index is 1.70. The van der Waals surface area contributed by atoms with E-state index in [2.05, 4.69) is 15.3 Å². The molecule has 0 fully saturated rings. The lowest BCUT2D eigenvalue weighted by Crippen LogP contribution is -2.26. The van der Waals surface area contributed by atoms with Gasteiger partial charge < -0.3 is 9.73 Å². The van der Waals surface area contributed by atoms with Gasteiger partial charge in [-0.25, -0.2) is 9.97 Å². The van der Waals surface area contributed by atoms with Crippen molar-refractivity contribution in [1.82, 2.24) is 14.4 Å². The minimum absolute atomic E-state index is 0.0323. The van der Waals surface area contributed by atoms with Crippen LogP contribution in [0.3, 0.4) is 0 Å². The number of fused-ring (bicyclic) bond motifs is 2. The highest BCUT2D eigenvalue weighted by atomic mass is 16.3. The largest absolute Gasteiger partial charge is 0.441 e. The van der Waals surface area contributed by atoms with E-state index in [1.54, 1.807) is 49.5 Å². The lowest BCUT2D eigenvalue weighted by atomic mass is 10.2. The number of hydrogen-bond acceptors (Lipinski definition) is 5. The van der Waals surface area contributed by atoms with Crippen molar-refractivity contribution in [3.8, 4) is 0 Å². The fourth-order valence-electron chi connectivity index (χ4n) is 2.50. The fourth-order valence-corrected chi connectivity index (χ4v) is 2.50. The highest BCUT2D eigenvalue weighted by Gasteiger charge is 2.14. The van der Waals surface area contributed by atoms with E-state index >= 15 is 0 Å². The number of carbonyl (C=O) groups is 1. The van der Waals surface area contributed by atoms with Crippen molar-refractivity contribution in [1.29, 1.82) is 0 Å². The predicted octanol–water partition coefficient (Wildman–Crippen LogP) is 2.40. The van der Waals surface area contributed by atoms with E-state index in [1.165, 1.54) is 10.6 Å². The average molecular weight is 320 g/mol. The molecule has 1 aromatic carbocycles. The summed E-state index contributed by atoms with van der Waals surface area (Å²) >= 11 is 0. The molecule has 0 aliphatic rings. The second kappa shape index (κ2) is 5.31. The molecule has 7 nitrogen and oxygen atoms in total. The van der Waals surface area contributed by atoms with Gasteiger partial charge in [0.1, 0.15) is 16.7 Å². The maximum atomic E-state index is 12.4. The molecule has 1 amide bonds. The summed E-state index contributed by atoms with van der Waals surface area (Å²) in [6, 6.07) is 10.3. The van der Waals surface area contributed by atoms with E-state index in [0.717, 1.165) is 0 Å². The number of nitrogens with one attached hydrogen (secondary N) is 1. The van der Waals surface area contributed by atoms with Crippen LogP contribution in [-0.2, 0) is 0 Å². The quantitative estimate of drug-likeness (QED) is 0.612. The van der Waals surface area contributed by atoms with Gasteiger partial charge in [-0.15, -0.1) is 0 Å². The molecule has 0 aliphatic heterocycles. The molecule has 0 saturated heterocycles. The molecule has 0 atom stereocenters. The first-order valence-electron chi connectivity index (χ1n) is 7.27.